The summed E-state index contributed by atoms with van der Waals surface area (Å²) >= 11 is 0. The Bertz CT molecular complexity index is 2860. The summed E-state index contributed by atoms with van der Waals surface area (Å²) in [6.45, 7) is 11.7. The summed E-state index contributed by atoms with van der Waals surface area (Å²) in [5.41, 5.74) is 1.85. The molecule has 4 aliphatic heterocycles. The van der Waals surface area contributed by atoms with Crippen LogP contribution in [0.4, 0.5) is 30.2 Å². The summed E-state index contributed by atoms with van der Waals surface area (Å²) in [4.78, 5) is 93.4. The molecule has 24 heteroatoms. The minimum absolute atomic E-state index is 0. The van der Waals surface area contributed by atoms with Gasteiger partial charge in [-0.2, -0.15) is 0 Å². The quantitative estimate of drug-likeness (QED) is 0.0762. The molecule has 2 fully saturated rings. The van der Waals surface area contributed by atoms with Crippen LogP contribution in [-0.4, -0.2) is 165 Å². The van der Waals surface area contributed by atoms with Crippen LogP contribution in [0.25, 0.3) is 0 Å². The van der Waals surface area contributed by atoms with Gasteiger partial charge in [-0.25, -0.2) is 13.2 Å². The first-order valence-electron chi connectivity index (χ1n) is 26.0. The van der Waals surface area contributed by atoms with Crippen LogP contribution in [0, 0.1) is 17.5 Å². The number of amides is 6. The van der Waals surface area contributed by atoms with Gasteiger partial charge >= 0.3 is 0 Å². The highest BCUT2D eigenvalue weighted by atomic mass is 35.5. The Hall–Kier alpha value is -5.88. The molecule has 0 aliphatic carbocycles. The molecule has 0 saturated carbocycles. The predicted octanol–water partition coefficient (Wildman–Crippen LogP) is 5.17. The number of nitrogens with one attached hydrogen (secondary N) is 6. The number of methoxy groups -OCH3 is 1. The van der Waals surface area contributed by atoms with E-state index >= 15 is 13.6 Å². The van der Waals surface area contributed by atoms with E-state index < -0.39 is 89.0 Å². The van der Waals surface area contributed by atoms with Crippen molar-refractivity contribution in [2.75, 3.05) is 89.1 Å². The number of fused-ring (bicyclic) bond motifs is 2. The zero-order valence-corrected chi connectivity index (χ0v) is 48.2. The maximum Gasteiger partial charge on any atom is 0.252 e. The number of likely N-dealkylation sites (N-methyl/N-ethyl adjacent to an activating group) is 1. The minimum Gasteiger partial charge on any atom is -0.383 e. The second kappa shape index (κ2) is 28.2. The van der Waals surface area contributed by atoms with E-state index in [-0.39, 0.29) is 92.0 Å². The molecule has 0 radical (unpaired) electrons. The summed E-state index contributed by atoms with van der Waals surface area (Å²) in [7, 11) is 2.93. The number of benzene rings is 4. The smallest absolute Gasteiger partial charge is 0.252 e. The lowest BCUT2D eigenvalue weighted by Gasteiger charge is -2.44. The molecule has 6 amide bonds. The third-order valence-corrected chi connectivity index (χ3v) is 15.3. The van der Waals surface area contributed by atoms with E-state index in [1.807, 2.05) is 25.1 Å². The van der Waals surface area contributed by atoms with Gasteiger partial charge in [0.25, 0.3) is 5.91 Å². The van der Waals surface area contributed by atoms with Crippen LogP contribution >= 0.6 is 37.2 Å². The van der Waals surface area contributed by atoms with Gasteiger partial charge in [0.05, 0.1) is 37.3 Å². The zero-order chi connectivity index (χ0) is 55.3. The molecule has 4 aliphatic rings. The third-order valence-electron chi connectivity index (χ3n) is 15.3. The van der Waals surface area contributed by atoms with Crippen molar-refractivity contribution in [2.24, 2.45) is 0 Å². The maximum absolute atomic E-state index is 15.3. The molecular formula is C56H72Cl3F3N10O8. The van der Waals surface area contributed by atoms with Crippen LogP contribution in [0.15, 0.2) is 78.9 Å². The summed E-state index contributed by atoms with van der Waals surface area (Å²) in [6, 6.07) is 16.0. The number of ether oxygens (including phenoxy) is 2. The van der Waals surface area contributed by atoms with E-state index in [4.69, 9.17) is 9.47 Å². The van der Waals surface area contributed by atoms with Gasteiger partial charge < -0.3 is 46.3 Å². The summed E-state index contributed by atoms with van der Waals surface area (Å²) in [5.74, 6) is -6.66. The summed E-state index contributed by atoms with van der Waals surface area (Å²) in [6.07, 6.45) is -0.391. The van der Waals surface area contributed by atoms with Crippen molar-refractivity contribution >= 4 is 89.7 Å². The fraction of sp³-hybridized carbons (Fsp3) is 0.464. The highest BCUT2D eigenvalue weighted by molar-refractivity contribution is 6.07. The second-order valence-electron chi connectivity index (χ2n) is 20.8. The van der Waals surface area contributed by atoms with E-state index in [1.165, 1.54) is 31.4 Å². The van der Waals surface area contributed by atoms with Crippen molar-refractivity contribution in [3.8, 4) is 0 Å². The number of hydrogen-bond donors (Lipinski definition) is 6. The van der Waals surface area contributed by atoms with Gasteiger partial charge in [-0.05, 0) is 118 Å². The first kappa shape index (κ1) is 64.9. The van der Waals surface area contributed by atoms with Crippen molar-refractivity contribution in [1.82, 2.24) is 35.6 Å². The van der Waals surface area contributed by atoms with Gasteiger partial charge in [0.15, 0.2) is 0 Å². The Morgan fingerprint density at radius 2 is 1.60 bits per heavy atom. The van der Waals surface area contributed by atoms with Crippen molar-refractivity contribution in [3.05, 3.63) is 124 Å². The van der Waals surface area contributed by atoms with Crippen LogP contribution in [0.1, 0.15) is 68.5 Å². The molecule has 80 heavy (non-hydrogen) atoms. The van der Waals surface area contributed by atoms with Crippen LogP contribution in [0.3, 0.4) is 0 Å². The Morgan fingerprint density at radius 1 is 0.900 bits per heavy atom. The predicted molar refractivity (Wildman–Crippen MR) is 305 cm³/mol. The largest absolute Gasteiger partial charge is 0.383 e. The van der Waals surface area contributed by atoms with Crippen molar-refractivity contribution in [3.63, 3.8) is 0 Å². The van der Waals surface area contributed by atoms with Crippen LogP contribution in [0.2, 0.25) is 0 Å². The molecule has 6 N–H and O–H groups in total. The summed E-state index contributed by atoms with van der Waals surface area (Å²) in [5, 5.41) is 17.5. The Morgan fingerprint density at radius 3 is 2.27 bits per heavy atom. The molecule has 4 heterocycles. The Kier molecular flexibility index (Phi) is 22.9. The van der Waals surface area contributed by atoms with Crippen LogP contribution in [-0.2, 0) is 56.6 Å². The standard InChI is InChI=1S/C56H69F3N10O8.3ClH/c1-32-25-67(41(24-61-32)27-66-19-20-77-30-33(66)2)29-48(71)68(55(75)56(5)31-62-46-22-37(13-18-43(46)56)21-36-11-15-39(57)16-12-36)28-47(70)63-40-17-14-38-26-69(54(74)49(35(4)76-7)64-52(72)34(3)60-6)51(42(38)23-40)53(73)65-50-44(58)9-8-10-45(50)59;;;/h8-18,22-23,32-35,41,49,51,60-62H,19-21,24-31H2,1-7H3,(H,63,70)(H,64,72)(H,65,73);3*1H/t32-,33-,34+,35-,41-,49+,51+,56-;;;/m1.../s1. The minimum atomic E-state index is -1.54. The third kappa shape index (κ3) is 14.6. The highest BCUT2D eigenvalue weighted by Crippen LogP contribution is 2.40. The number of anilines is 3. The molecule has 0 bridgehead atoms. The van der Waals surface area contributed by atoms with Crippen molar-refractivity contribution in [1.29, 1.82) is 0 Å². The number of nitrogens with zero attached hydrogens (tertiary/aromatic N) is 4. The molecule has 8 rings (SSSR count). The number of piperazine rings is 1. The van der Waals surface area contributed by atoms with E-state index in [9.17, 15) is 28.4 Å². The fourth-order valence-corrected chi connectivity index (χ4v) is 10.5. The van der Waals surface area contributed by atoms with Gasteiger partial charge in [-0.15, -0.1) is 37.2 Å². The number of imide groups is 1. The van der Waals surface area contributed by atoms with Gasteiger partial charge in [-0.1, -0.05) is 36.4 Å². The topological polar surface area (TPSA) is 206 Å². The van der Waals surface area contributed by atoms with E-state index in [0.717, 1.165) is 45.7 Å². The average molecular weight is 1180 g/mol. The van der Waals surface area contributed by atoms with Crippen molar-refractivity contribution in [2.45, 2.75) is 95.4 Å². The lowest BCUT2D eigenvalue weighted by molar-refractivity contribution is -0.151. The molecule has 0 spiro atoms. The number of carbonyl (C=O) groups is 6. The molecule has 0 aromatic heterocycles. The summed E-state index contributed by atoms with van der Waals surface area (Å²) < 4.78 is 55.0. The average Bonchev–Trinajstić information content (AvgIpc) is 4.06. The number of para-hydroxylation sites is 1. The molecule has 18 nitrogen and oxygen atoms in total. The molecule has 0 unspecified atom stereocenters. The highest BCUT2D eigenvalue weighted by Gasteiger charge is 2.47. The van der Waals surface area contributed by atoms with E-state index in [0.29, 0.717) is 56.1 Å². The lowest BCUT2D eigenvalue weighted by Crippen LogP contribution is -2.63. The van der Waals surface area contributed by atoms with E-state index in [1.54, 1.807) is 46.0 Å². The number of morpholine rings is 1. The van der Waals surface area contributed by atoms with Crippen LogP contribution < -0.4 is 31.9 Å². The van der Waals surface area contributed by atoms with Gasteiger partial charge in [0, 0.05) is 75.9 Å². The number of carbonyl (C=O) groups excluding carboxylic acids is 6. The molecule has 4 aromatic carbocycles. The number of halogens is 6. The molecular weight excluding hydrogens is 1100 g/mol. The van der Waals surface area contributed by atoms with Crippen molar-refractivity contribution < 1.29 is 51.4 Å². The van der Waals surface area contributed by atoms with Gasteiger partial charge in [0.2, 0.25) is 29.5 Å². The van der Waals surface area contributed by atoms with Gasteiger partial charge in [0.1, 0.15) is 41.8 Å². The molecule has 436 valence electrons. The normalized spacial score (nSPS) is 21.6. The number of rotatable bonds is 18. The molecule has 8 atom stereocenters. The SMILES string of the molecule is CN[C@@H](C)C(=O)N[C@H](C(=O)N1Cc2ccc(NC(=O)CN(C(=O)CN3C[C@@H](C)NC[C@@H]3CN3CCOC[C@H]3C)C(=O)[C@]3(C)CNc4cc(Cc5ccc(F)cc5)ccc43)cc2[C@H]1C(=O)Nc1c(F)cccc1F)[C@@H](C)OC.Cl.Cl.Cl. The molecule has 2 saturated heterocycles. The fourth-order valence-electron chi connectivity index (χ4n) is 10.5. The second-order valence-corrected chi connectivity index (χ2v) is 20.8. The first-order chi connectivity index (χ1) is 36.8. The Labute approximate surface area is 483 Å². The lowest BCUT2D eigenvalue weighted by atomic mass is 9.82. The first-order valence-corrected chi connectivity index (χ1v) is 26.0. The Balaban J connectivity index is 0.00000392. The van der Waals surface area contributed by atoms with Crippen LogP contribution in [0.5, 0.6) is 0 Å². The molecule has 4 aromatic rings. The number of hydrogen-bond acceptors (Lipinski definition) is 13. The zero-order valence-electron chi connectivity index (χ0n) is 45.7. The van der Waals surface area contributed by atoms with E-state index in [2.05, 4.69) is 48.6 Å². The maximum atomic E-state index is 15.3. The van der Waals surface area contributed by atoms with Gasteiger partial charge in [-0.3, -0.25) is 43.5 Å². The monoisotopic (exact) mass is 1170 g/mol.